The maximum atomic E-state index is 2.44. The minimum atomic E-state index is 0.520. The van der Waals surface area contributed by atoms with Crippen LogP contribution >= 0.6 is 0 Å². The van der Waals surface area contributed by atoms with Crippen molar-refractivity contribution in [2.75, 3.05) is 0 Å². The van der Waals surface area contributed by atoms with E-state index in [1.807, 2.05) is 0 Å². The Hall–Kier alpha value is 0. The summed E-state index contributed by atoms with van der Waals surface area (Å²) in [7, 11) is 0. The summed E-state index contributed by atoms with van der Waals surface area (Å²) in [6, 6.07) is 0. The molecule has 0 heterocycles. The van der Waals surface area contributed by atoms with Gasteiger partial charge in [-0.1, -0.05) is 67.2 Å². The molecule has 0 aliphatic carbocycles. The molecule has 0 aliphatic heterocycles. The van der Waals surface area contributed by atoms with Gasteiger partial charge >= 0.3 is 0 Å². The maximum absolute atomic E-state index is 2.44. The van der Waals surface area contributed by atoms with Gasteiger partial charge in [-0.2, -0.15) is 0 Å². The lowest BCUT2D eigenvalue weighted by Crippen LogP contribution is -2.29. The van der Waals surface area contributed by atoms with Gasteiger partial charge in [0.05, 0.1) is 0 Å². The van der Waals surface area contributed by atoms with E-state index in [1.165, 1.54) is 25.7 Å². The summed E-state index contributed by atoms with van der Waals surface area (Å²) < 4.78 is 0. The lowest BCUT2D eigenvalue weighted by molar-refractivity contribution is 0.119. The second-order valence-corrected chi connectivity index (χ2v) is 5.25. The lowest BCUT2D eigenvalue weighted by Gasteiger charge is -2.38. The first-order valence-corrected chi connectivity index (χ1v) is 5.96. The van der Waals surface area contributed by atoms with Crippen molar-refractivity contribution in [3.8, 4) is 0 Å². The number of hydrogen-bond acceptors (Lipinski definition) is 0. The normalized spacial score (nSPS) is 12.9. The van der Waals surface area contributed by atoms with Gasteiger partial charge in [0.1, 0.15) is 0 Å². The summed E-state index contributed by atoms with van der Waals surface area (Å²) in [5.74, 6) is 1.72. The van der Waals surface area contributed by atoms with Crippen molar-refractivity contribution in [1.82, 2.24) is 0 Å². The largest absolute Gasteiger partial charge is 0.0654 e. The zero-order valence-electron chi connectivity index (χ0n) is 10.5. The fourth-order valence-corrected chi connectivity index (χ4v) is 2.06. The summed E-state index contributed by atoms with van der Waals surface area (Å²) in [5, 5.41) is 0. The van der Waals surface area contributed by atoms with E-state index in [0.717, 1.165) is 11.8 Å². The van der Waals surface area contributed by atoms with E-state index >= 15 is 0 Å². The Morgan fingerprint density at radius 2 is 1.31 bits per heavy atom. The molecule has 0 aliphatic rings. The predicted molar refractivity (Wildman–Crippen MR) is 61.9 cm³/mol. The van der Waals surface area contributed by atoms with Crippen LogP contribution in [0.4, 0.5) is 0 Å². The van der Waals surface area contributed by atoms with Crippen LogP contribution in [0.25, 0.3) is 0 Å². The first-order chi connectivity index (χ1) is 5.96. The molecule has 0 spiro atoms. The molecule has 0 rings (SSSR count). The molecule has 0 bridgehead atoms. The third-order valence-corrected chi connectivity index (χ3v) is 3.81. The standard InChI is InChI=1S/C13H28/c1-7-9-12(10-8-2)13(5,6)11(3)4/h11-12H,7-10H2,1-6H3. The average molecular weight is 184 g/mol. The Labute approximate surface area is 85.1 Å². The highest BCUT2D eigenvalue weighted by atomic mass is 14.4. The maximum Gasteiger partial charge on any atom is -0.0303 e. The van der Waals surface area contributed by atoms with Crippen molar-refractivity contribution >= 4 is 0 Å². The quantitative estimate of drug-likeness (QED) is 0.551. The minimum Gasteiger partial charge on any atom is -0.0654 e. The van der Waals surface area contributed by atoms with Crippen molar-refractivity contribution in [3.05, 3.63) is 0 Å². The first-order valence-electron chi connectivity index (χ1n) is 5.96. The SMILES string of the molecule is CCCC(CCC)C(C)(C)C(C)C. The third-order valence-electron chi connectivity index (χ3n) is 3.81. The van der Waals surface area contributed by atoms with Gasteiger partial charge in [-0.05, 0) is 17.3 Å². The van der Waals surface area contributed by atoms with Crippen LogP contribution in [0.1, 0.15) is 67.2 Å². The van der Waals surface area contributed by atoms with Gasteiger partial charge in [-0.15, -0.1) is 0 Å². The molecule has 0 aromatic heterocycles. The molecule has 0 radical (unpaired) electrons. The number of hydrogen-bond donors (Lipinski definition) is 0. The summed E-state index contributed by atoms with van der Waals surface area (Å²) in [6.45, 7) is 14.2. The molecular weight excluding hydrogens is 156 g/mol. The molecule has 0 fully saturated rings. The van der Waals surface area contributed by atoms with Gasteiger partial charge in [0, 0.05) is 0 Å². The van der Waals surface area contributed by atoms with Crippen LogP contribution in [-0.4, -0.2) is 0 Å². The second-order valence-electron chi connectivity index (χ2n) is 5.25. The van der Waals surface area contributed by atoms with E-state index in [1.54, 1.807) is 0 Å². The van der Waals surface area contributed by atoms with Gasteiger partial charge in [-0.25, -0.2) is 0 Å². The highest BCUT2D eigenvalue weighted by molar-refractivity contribution is 4.80. The molecular formula is C13H28. The molecule has 13 heavy (non-hydrogen) atoms. The molecule has 0 saturated carbocycles. The summed E-state index contributed by atoms with van der Waals surface area (Å²) >= 11 is 0. The lowest BCUT2D eigenvalue weighted by atomic mass is 9.67. The summed E-state index contributed by atoms with van der Waals surface area (Å²) in [5.41, 5.74) is 0.520. The summed E-state index contributed by atoms with van der Waals surface area (Å²) in [6.07, 6.45) is 5.47. The zero-order valence-corrected chi connectivity index (χ0v) is 10.5. The number of rotatable bonds is 6. The van der Waals surface area contributed by atoms with Crippen LogP contribution < -0.4 is 0 Å². The molecule has 0 heteroatoms. The molecule has 0 aromatic carbocycles. The van der Waals surface area contributed by atoms with Crippen LogP contribution in [0.2, 0.25) is 0 Å². The van der Waals surface area contributed by atoms with Crippen LogP contribution in [-0.2, 0) is 0 Å². The topological polar surface area (TPSA) is 0 Å². The molecule has 80 valence electrons. The van der Waals surface area contributed by atoms with Crippen LogP contribution in [0.15, 0.2) is 0 Å². The predicted octanol–water partition coefficient (Wildman–Crippen LogP) is 4.89. The van der Waals surface area contributed by atoms with Crippen molar-refractivity contribution in [3.63, 3.8) is 0 Å². The Morgan fingerprint density at radius 3 is 1.54 bits per heavy atom. The van der Waals surface area contributed by atoms with E-state index in [2.05, 4.69) is 41.5 Å². The fraction of sp³-hybridized carbons (Fsp3) is 1.00. The van der Waals surface area contributed by atoms with Gasteiger partial charge in [0.15, 0.2) is 0 Å². The van der Waals surface area contributed by atoms with Crippen LogP contribution in [0, 0.1) is 17.3 Å². The molecule has 0 nitrogen and oxygen atoms in total. The highest BCUT2D eigenvalue weighted by Gasteiger charge is 2.30. The Balaban J connectivity index is 4.31. The van der Waals surface area contributed by atoms with E-state index in [0.29, 0.717) is 5.41 Å². The van der Waals surface area contributed by atoms with Crippen molar-refractivity contribution < 1.29 is 0 Å². The Bertz CT molecular complexity index is 116. The minimum absolute atomic E-state index is 0.520. The molecule has 0 N–H and O–H groups in total. The van der Waals surface area contributed by atoms with Gasteiger partial charge in [-0.3, -0.25) is 0 Å². The summed E-state index contributed by atoms with van der Waals surface area (Å²) in [4.78, 5) is 0. The first kappa shape index (κ1) is 13.0. The molecule has 0 amide bonds. The Morgan fingerprint density at radius 1 is 0.923 bits per heavy atom. The zero-order chi connectivity index (χ0) is 10.5. The van der Waals surface area contributed by atoms with E-state index in [-0.39, 0.29) is 0 Å². The Kier molecular flexibility index (Phi) is 5.67. The average Bonchev–Trinajstić information content (AvgIpc) is 2.03. The molecule has 0 atom stereocenters. The highest BCUT2D eigenvalue weighted by Crippen LogP contribution is 2.40. The van der Waals surface area contributed by atoms with Gasteiger partial charge in [0.25, 0.3) is 0 Å². The monoisotopic (exact) mass is 184 g/mol. The smallest absolute Gasteiger partial charge is 0.0303 e. The van der Waals surface area contributed by atoms with E-state index < -0.39 is 0 Å². The van der Waals surface area contributed by atoms with Gasteiger partial charge in [0.2, 0.25) is 0 Å². The molecule has 0 aromatic rings. The van der Waals surface area contributed by atoms with Crippen molar-refractivity contribution in [2.45, 2.75) is 67.2 Å². The fourth-order valence-electron chi connectivity index (χ4n) is 2.06. The van der Waals surface area contributed by atoms with E-state index in [9.17, 15) is 0 Å². The molecule has 0 saturated heterocycles. The third kappa shape index (κ3) is 3.70. The van der Waals surface area contributed by atoms with Crippen molar-refractivity contribution in [1.29, 1.82) is 0 Å². The van der Waals surface area contributed by atoms with Gasteiger partial charge < -0.3 is 0 Å². The second kappa shape index (κ2) is 5.67. The van der Waals surface area contributed by atoms with Crippen LogP contribution in [0.5, 0.6) is 0 Å². The van der Waals surface area contributed by atoms with Crippen LogP contribution in [0.3, 0.4) is 0 Å². The van der Waals surface area contributed by atoms with Crippen molar-refractivity contribution in [2.24, 2.45) is 17.3 Å². The molecule has 0 unspecified atom stereocenters. The van der Waals surface area contributed by atoms with E-state index in [4.69, 9.17) is 0 Å².